The van der Waals surface area contributed by atoms with Crippen molar-refractivity contribution in [3.8, 4) is 11.3 Å². The first-order chi connectivity index (χ1) is 10.2. The number of nitrogens with one attached hydrogen (secondary N) is 1. The van der Waals surface area contributed by atoms with E-state index in [2.05, 4.69) is 15.3 Å². The molecule has 3 aromatic rings. The Bertz CT molecular complexity index is 756. The number of nitrogens with zero attached hydrogens (tertiary/aromatic N) is 2. The Labute approximate surface area is 130 Å². The lowest BCUT2D eigenvalue weighted by atomic mass is 10.2. The van der Waals surface area contributed by atoms with Gasteiger partial charge in [0, 0.05) is 33.9 Å². The van der Waals surface area contributed by atoms with Crippen LogP contribution in [0.4, 0.5) is 5.13 Å². The second-order valence-corrected chi connectivity index (χ2v) is 5.53. The van der Waals surface area contributed by atoms with Crippen molar-refractivity contribution in [1.82, 2.24) is 9.97 Å². The monoisotopic (exact) mass is 315 g/mol. The molecule has 0 unspecified atom stereocenters. The summed E-state index contributed by atoms with van der Waals surface area (Å²) < 4.78 is 0. The number of anilines is 1. The molecule has 21 heavy (non-hydrogen) atoms. The Kier molecular flexibility index (Phi) is 3.94. The van der Waals surface area contributed by atoms with Gasteiger partial charge in [-0.15, -0.1) is 11.3 Å². The molecular weight excluding hydrogens is 306 g/mol. The van der Waals surface area contributed by atoms with Gasteiger partial charge in [-0.1, -0.05) is 11.6 Å². The summed E-state index contributed by atoms with van der Waals surface area (Å²) >= 11 is 7.18. The number of halogens is 1. The molecule has 1 N–H and O–H groups in total. The number of carbonyl (C=O) groups is 1. The highest BCUT2D eigenvalue weighted by Crippen LogP contribution is 2.24. The quantitative estimate of drug-likeness (QED) is 0.791. The van der Waals surface area contributed by atoms with Gasteiger partial charge in [0.15, 0.2) is 5.13 Å². The molecule has 0 radical (unpaired) electrons. The second-order valence-electron chi connectivity index (χ2n) is 4.23. The van der Waals surface area contributed by atoms with Gasteiger partial charge in [0.25, 0.3) is 5.91 Å². The summed E-state index contributed by atoms with van der Waals surface area (Å²) in [6.45, 7) is 0. The number of hydrogen-bond acceptors (Lipinski definition) is 4. The lowest BCUT2D eigenvalue weighted by Gasteiger charge is -2.01. The van der Waals surface area contributed by atoms with E-state index in [-0.39, 0.29) is 5.91 Å². The molecule has 0 fully saturated rings. The van der Waals surface area contributed by atoms with E-state index in [0.29, 0.717) is 15.7 Å². The fraction of sp³-hybridized carbons (Fsp3) is 0. The number of benzene rings is 1. The molecule has 2 heterocycles. The van der Waals surface area contributed by atoms with Crippen molar-refractivity contribution in [2.45, 2.75) is 0 Å². The number of rotatable bonds is 3. The minimum absolute atomic E-state index is 0.206. The molecule has 4 nitrogen and oxygen atoms in total. The molecular formula is C15H10ClN3OS. The van der Waals surface area contributed by atoms with Crippen LogP contribution in [0.2, 0.25) is 5.02 Å². The largest absolute Gasteiger partial charge is 0.298 e. The lowest BCUT2D eigenvalue weighted by Crippen LogP contribution is -2.11. The predicted molar refractivity (Wildman–Crippen MR) is 84.8 cm³/mol. The van der Waals surface area contributed by atoms with E-state index in [4.69, 9.17) is 11.6 Å². The van der Waals surface area contributed by atoms with Gasteiger partial charge in [-0.05, 0) is 36.4 Å². The van der Waals surface area contributed by atoms with Gasteiger partial charge in [-0.25, -0.2) is 4.98 Å². The minimum Gasteiger partial charge on any atom is -0.298 e. The van der Waals surface area contributed by atoms with E-state index >= 15 is 0 Å². The molecule has 0 saturated carbocycles. The highest BCUT2D eigenvalue weighted by molar-refractivity contribution is 7.14. The molecule has 2 aromatic heterocycles. The molecule has 0 saturated heterocycles. The van der Waals surface area contributed by atoms with Gasteiger partial charge < -0.3 is 0 Å². The van der Waals surface area contributed by atoms with Crippen molar-refractivity contribution >= 4 is 34.0 Å². The van der Waals surface area contributed by atoms with Gasteiger partial charge in [-0.2, -0.15) is 0 Å². The van der Waals surface area contributed by atoms with Crippen LogP contribution >= 0.6 is 22.9 Å². The molecule has 0 spiro atoms. The maximum absolute atomic E-state index is 12.1. The number of amides is 1. The normalized spacial score (nSPS) is 10.3. The first-order valence-electron chi connectivity index (χ1n) is 6.15. The minimum atomic E-state index is -0.206. The lowest BCUT2D eigenvalue weighted by molar-refractivity contribution is 0.102. The number of hydrogen-bond donors (Lipinski definition) is 1. The molecule has 1 amide bonds. The summed E-state index contributed by atoms with van der Waals surface area (Å²) in [6, 6.07) is 10.5. The third kappa shape index (κ3) is 3.26. The van der Waals surface area contributed by atoms with Crippen LogP contribution < -0.4 is 5.32 Å². The summed E-state index contributed by atoms with van der Waals surface area (Å²) in [5, 5.41) is 5.83. The van der Waals surface area contributed by atoms with Crippen LogP contribution in [0.5, 0.6) is 0 Å². The molecule has 6 heteroatoms. The number of aromatic nitrogens is 2. The van der Waals surface area contributed by atoms with Crippen molar-refractivity contribution in [3.63, 3.8) is 0 Å². The van der Waals surface area contributed by atoms with Crippen LogP contribution in [0.25, 0.3) is 11.3 Å². The summed E-state index contributed by atoms with van der Waals surface area (Å²) in [7, 11) is 0. The average Bonchev–Trinajstić information content (AvgIpc) is 2.97. The fourth-order valence-electron chi connectivity index (χ4n) is 1.76. The van der Waals surface area contributed by atoms with E-state index in [1.54, 1.807) is 36.7 Å². The van der Waals surface area contributed by atoms with Crippen molar-refractivity contribution < 1.29 is 4.79 Å². The average molecular weight is 316 g/mol. The van der Waals surface area contributed by atoms with E-state index in [9.17, 15) is 4.79 Å². The van der Waals surface area contributed by atoms with Gasteiger partial charge >= 0.3 is 0 Å². The third-order valence-electron chi connectivity index (χ3n) is 2.81. The van der Waals surface area contributed by atoms with E-state index in [1.165, 1.54) is 11.3 Å². The van der Waals surface area contributed by atoms with Crippen LogP contribution in [-0.4, -0.2) is 15.9 Å². The van der Waals surface area contributed by atoms with Crippen molar-refractivity contribution in [2.75, 3.05) is 5.32 Å². The maximum Gasteiger partial charge on any atom is 0.257 e. The molecule has 0 atom stereocenters. The van der Waals surface area contributed by atoms with Gasteiger partial charge in [0.05, 0.1) is 5.69 Å². The topological polar surface area (TPSA) is 54.9 Å². The fourth-order valence-corrected chi connectivity index (χ4v) is 2.60. The third-order valence-corrected chi connectivity index (χ3v) is 3.82. The smallest absolute Gasteiger partial charge is 0.257 e. The first kappa shape index (κ1) is 13.7. The van der Waals surface area contributed by atoms with Crippen molar-refractivity contribution in [3.05, 3.63) is 64.8 Å². The Morgan fingerprint density at radius 1 is 1.10 bits per heavy atom. The maximum atomic E-state index is 12.1. The number of thiazole rings is 1. The zero-order chi connectivity index (χ0) is 14.7. The zero-order valence-electron chi connectivity index (χ0n) is 10.8. The summed E-state index contributed by atoms with van der Waals surface area (Å²) in [5.41, 5.74) is 2.32. The summed E-state index contributed by atoms with van der Waals surface area (Å²) in [4.78, 5) is 20.4. The molecule has 3 rings (SSSR count). The van der Waals surface area contributed by atoms with Crippen molar-refractivity contribution in [2.24, 2.45) is 0 Å². The Balaban J connectivity index is 1.75. The van der Waals surface area contributed by atoms with E-state index < -0.39 is 0 Å². The van der Waals surface area contributed by atoms with E-state index in [1.807, 2.05) is 17.5 Å². The van der Waals surface area contributed by atoms with Crippen LogP contribution in [0.3, 0.4) is 0 Å². The standard InChI is InChI=1S/C15H10ClN3OS/c16-12-3-1-11(2-4-12)14(20)19-15-18-13(9-21-15)10-5-7-17-8-6-10/h1-9H,(H,18,19,20). The predicted octanol–water partition coefficient (Wildman–Crippen LogP) is 4.11. The summed E-state index contributed by atoms with van der Waals surface area (Å²) in [6.07, 6.45) is 3.42. The van der Waals surface area contributed by atoms with Crippen LogP contribution in [0, 0.1) is 0 Å². The van der Waals surface area contributed by atoms with Crippen LogP contribution in [0.1, 0.15) is 10.4 Å². The van der Waals surface area contributed by atoms with Crippen LogP contribution in [0.15, 0.2) is 54.2 Å². The van der Waals surface area contributed by atoms with Crippen molar-refractivity contribution in [1.29, 1.82) is 0 Å². The van der Waals surface area contributed by atoms with Gasteiger partial charge in [0.2, 0.25) is 0 Å². The highest BCUT2D eigenvalue weighted by atomic mass is 35.5. The molecule has 0 aliphatic carbocycles. The number of carbonyl (C=O) groups excluding carboxylic acids is 1. The first-order valence-corrected chi connectivity index (χ1v) is 7.41. The molecule has 104 valence electrons. The van der Waals surface area contributed by atoms with Crippen LogP contribution in [-0.2, 0) is 0 Å². The van der Waals surface area contributed by atoms with E-state index in [0.717, 1.165) is 11.3 Å². The molecule has 0 aliphatic heterocycles. The Morgan fingerprint density at radius 3 is 2.52 bits per heavy atom. The SMILES string of the molecule is O=C(Nc1nc(-c2ccncc2)cs1)c1ccc(Cl)cc1. The van der Waals surface area contributed by atoms with Gasteiger partial charge in [-0.3, -0.25) is 15.1 Å². The van der Waals surface area contributed by atoms with Gasteiger partial charge in [0.1, 0.15) is 0 Å². The molecule has 0 bridgehead atoms. The molecule has 1 aromatic carbocycles. The summed E-state index contributed by atoms with van der Waals surface area (Å²) in [5.74, 6) is -0.206. The second kappa shape index (κ2) is 6.03. The highest BCUT2D eigenvalue weighted by Gasteiger charge is 2.09. The molecule has 0 aliphatic rings. The number of pyridine rings is 1. The Hall–Kier alpha value is -2.24. The zero-order valence-corrected chi connectivity index (χ0v) is 12.4. The Morgan fingerprint density at radius 2 is 1.81 bits per heavy atom.